The van der Waals surface area contributed by atoms with Gasteiger partial charge in [-0.2, -0.15) is 0 Å². The first-order chi connectivity index (χ1) is 10.0. The Morgan fingerprint density at radius 2 is 1.32 bits per heavy atom. The molecule has 0 aromatic heterocycles. The Labute approximate surface area is 160 Å². The summed E-state index contributed by atoms with van der Waals surface area (Å²) < 4.78 is 6.47. The molecule has 0 aromatic rings. The molecule has 2 aliphatic rings. The lowest BCUT2D eigenvalue weighted by molar-refractivity contribution is 0.584. The van der Waals surface area contributed by atoms with Gasteiger partial charge in [-0.3, -0.25) is 0 Å². The predicted molar refractivity (Wildman–Crippen MR) is 116 cm³/mol. The predicted octanol–water partition coefficient (Wildman–Crippen LogP) is 4.48. The Bertz CT molecular complexity index is 314. The number of thioether (sulfide) groups is 1. The molecule has 2 rings (SSSR count). The van der Waals surface area contributed by atoms with Gasteiger partial charge in [0.1, 0.15) is 4.32 Å². The Morgan fingerprint density at radius 3 is 1.41 bits per heavy atom. The topological polar surface area (TPSA) is 33.3 Å². The Morgan fingerprint density at radius 1 is 0.864 bits per heavy atom. The smallest absolute Gasteiger partial charge is 0.263 e. The van der Waals surface area contributed by atoms with Crippen LogP contribution in [0.25, 0.3) is 0 Å². The molecule has 2 N–H and O–H groups in total. The zero-order valence-electron chi connectivity index (χ0n) is 14.0. The number of ether oxygens (including phenoxy) is 1. The number of nitrogens with one attached hydrogen (secondary N) is 2. The second kappa shape index (κ2) is 14.7. The van der Waals surface area contributed by atoms with Crippen molar-refractivity contribution in [1.29, 1.82) is 0 Å². The minimum Gasteiger partial charge on any atom is -0.423 e. The highest BCUT2D eigenvalue weighted by atomic mass is 32.2. The molecular weight excluding hydrogens is 373 g/mol. The maximum atomic E-state index is 4.81. The minimum absolute atomic E-state index is 0.394. The van der Waals surface area contributed by atoms with Crippen LogP contribution in [0.4, 0.5) is 0 Å². The summed E-state index contributed by atoms with van der Waals surface area (Å²) in [6, 6.07) is 0. The van der Waals surface area contributed by atoms with Crippen LogP contribution in [-0.2, 0) is 4.74 Å². The highest BCUT2D eigenvalue weighted by molar-refractivity contribution is 8.38. The van der Waals surface area contributed by atoms with E-state index in [9.17, 15) is 0 Å². The zero-order valence-corrected chi connectivity index (χ0v) is 18.1. The summed E-state index contributed by atoms with van der Waals surface area (Å²) >= 11 is 20.2. The number of rotatable bonds is 0. The molecule has 3 nitrogen and oxygen atoms in total. The fraction of sp³-hybridized carbons (Fsp3) is 0.714. The van der Waals surface area contributed by atoms with Gasteiger partial charge in [-0.05, 0) is 36.3 Å². The molecule has 0 amide bonds. The zero-order chi connectivity index (χ0) is 17.7. The normalized spacial score (nSPS) is 15.6. The molecule has 0 bridgehead atoms. The van der Waals surface area contributed by atoms with Crippen molar-refractivity contribution in [1.82, 2.24) is 10.6 Å². The molecule has 0 aromatic carbocycles. The van der Waals surface area contributed by atoms with Crippen molar-refractivity contribution in [3.63, 3.8) is 0 Å². The monoisotopic (exact) mass is 398 g/mol. The molecule has 0 spiro atoms. The van der Waals surface area contributed by atoms with E-state index in [-0.39, 0.29) is 0 Å². The minimum atomic E-state index is 0.394. The molecule has 0 atom stereocenters. The Hall–Kier alpha value is 0.110. The standard InChI is InChI=1S/2C4H10.C3H3NOS2.C3H3NS3/c2*1-4(2)3;6-2-1-4-3(7)5-2;5-2-1-4-3(6)7-2/h2*4H,1-3H3;1H2,(H,4,7);1H2,(H,4,6). The molecule has 2 fully saturated rings. The van der Waals surface area contributed by atoms with Gasteiger partial charge in [0.15, 0.2) is 5.05 Å². The van der Waals surface area contributed by atoms with Crippen LogP contribution < -0.4 is 10.6 Å². The summed E-state index contributed by atoms with van der Waals surface area (Å²) in [4.78, 5) is 0. The Balaban J connectivity index is 0. The fourth-order valence-electron chi connectivity index (χ4n) is 0.640. The van der Waals surface area contributed by atoms with E-state index in [1.807, 2.05) is 0 Å². The van der Waals surface area contributed by atoms with Crippen LogP contribution >= 0.6 is 60.6 Å². The van der Waals surface area contributed by atoms with Crippen LogP contribution in [0.1, 0.15) is 41.5 Å². The molecule has 0 radical (unpaired) electrons. The van der Waals surface area contributed by atoms with E-state index in [2.05, 4.69) is 76.6 Å². The molecule has 0 aliphatic carbocycles. The van der Waals surface area contributed by atoms with Crippen LogP contribution in [0.2, 0.25) is 0 Å². The van der Waals surface area contributed by atoms with Crippen LogP contribution in [-0.4, -0.2) is 31.8 Å². The third-order valence-corrected chi connectivity index (χ3v) is 3.11. The van der Waals surface area contributed by atoms with Gasteiger partial charge in [-0.1, -0.05) is 77.7 Å². The first-order valence-electron chi connectivity index (χ1n) is 7.01. The molecule has 8 heteroatoms. The molecule has 2 heterocycles. The summed E-state index contributed by atoms with van der Waals surface area (Å²) in [5.74, 6) is 1.67. The molecule has 0 saturated carbocycles. The summed E-state index contributed by atoms with van der Waals surface area (Å²) in [6.45, 7) is 14.4. The summed E-state index contributed by atoms with van der Waals surface area (Å²) in [5.41, 5.74) is 0. The maximum absolute atomic E-state index is 4.81. The van der Waals surface area contributed by atoms with Gasteiger partial charge in [-0.15, -0.1) is 0 Å². The third-order valence-electron chi connectivity index (χ3n) is 1.17. The van der Waals surface area contributed by atoms with E-state index in [1.165, 1.54) is 11.8 Å². The lowest BCUT2D eigenvalue weighted by atomic mass is 10.3. The number of hydrogen-bond donors (Lipinski definition) is 2. The average Bonchev–Trinajstić information content (AvgIpc) is 2.86. The lowest BCUT2D eigenvalue weighted by Crippen LogP contribution is -2.11. The summed E-state index contributed by atoms with van der Waals surface area (Å²) in [5, 5.41) is 6.59. The van der Waals surface area contributed by atoms with Crippen molar-refractivity contribution >= 4 is 79.4 Å². The highest BCUT2D eigenvalue weighted by Crippen LogP contribution is 2.10. The van der Waals surface area contributed by atoms with E-state index in [0.717, 1.165) is 26.9 Å². The maximum Gasteiger partial charge on any atom is 0.263 e. The second-order valence-electron chi connectivity index (χ2n) is 5.69. The van der Waals surface area contributed by atoms with Crippen molar-refractivity contribution < 1.29 is 4.74 Å². The van der Waals surface area contributed by atoms with Gasteiger partial charge in [0.2, 0.25) is 0 Å². The van der Waals surface area contributed by atoms with Crippen LogP contribution in [0, 0.1) is 11.8 Å². The Kier molecular flexibility index (Phi) is 16.3. The molecule has 2 saturated heterocycles. The second-order valence-corrected chi connectivity index (χ2v) is 9.04. The van der Waals surface area contributed by atoms with Crippen LogP contribution in [0.3, 0.4) is 0 Å². The molecule has 0 unspecified atom stereocenters. The first-order valence-corrected chi connectivity index (χ1v) is 9.46. The van der Waals surface area contributed by atoms with Crippen LogP contribution in [0.5, 0.6) is 0 Å². The molecular formula is C14H26N2OS5. The van der Waals surface area contributed by atoms with Gasteiger partial charge < -0.3 is 15.4 Å². The fourth-order valence-corrected chi connectivity index (χ4v) is 2.37. The molecule has 22 heavy (non-hydrogen) atoms. The number of hydrogen-bond acceptors (Lipinski definition) is 6. The van der Waals surface area contributed by atoms with Crippen LogP contribution in [0.15, 0.2) is 0 Å². The largest absolute Gasteiger partial charge is 0.423 e. The van der Waals surface area contributed by atoms with Crippen molar-refractivity contribution in [2.24, 2.45) is 11.8 Å². The lowest BCUT2D eigenvalue weighted by Gasteiger charge is -1.84. The van der Waals surface area contributed by atoms with E-state index in [1.54, 1.807) is 0 Å². The summed E-state index contributed by atoms with van der Waals surface area (Å²) in [7, 11) is 0. The van der Waals surface area contributed by atoms with Gasteiger partial charge in [-0.25, -0.2) is 0 Å². The average molecular weight is 399 g/mol. The first kappa shape index (κ1) is 24.4. The highest BCUT2D eigenvalue weighted by Gasteiger charge is 2.10. The van der Waals surface area contributed by atoms with E-state index in [0.29, 0.717) is 16.8 Å². The third kappa shape index (κ3) is 22.4. The summed E-state index contributed by atoms with van der Waals surface area (Å²) in [6.07, 6.45) is 0. The quantitative estimate of drug-likeness (QED) is 0.578. The van der Waals surface area contributed by atoms with Gasteiger partial charge in [0.05, 0.1) is 17.3 Å². The van der Waals surface area contributed by atoms with Gasteiger partial charge in [0, 0.05) is 0 Å². The van der Waals surface area contributed by atoms with E-state index in [4.69, 9.17) is 29.2 Å². The van der Waals surface area contributed by atoms with E-state index < -0.39 is 0 Å². The molecule has 2 aliphatic heterocycles. The van der Waals surface area contributed by atoms with Crippen molar-refractivity contribution in [2.75, 3.05) is 13.1 Å². The van der Waals surface area contributed by atoms with Gasteiger partial charge in [0.25, 0.3) is 5.17 Å². The van der Waals surface area contributed by atoms with Crippen molar-refractivity contribution in [2.45, 2.75) is 41.5 Å². The SMILES string of the molecule is CC(C)C.CC(C)C.S=C1CNC(=S)O1.S=C1CNC(=S)S1. The number of thiocarbonyl (C=S) groups is 4. The van der Waals surface area contributed by atoms with Crippen molar-refractivity contribution in [3.8, 4) is 0 Å². The van der Waals surface area contributed by atoms with Crippen molar-refractivity contribution in [3.05, 3.63) is 0 Å². The molecule has 128 valence electrons. The van der Waals surface area contributed by atoms with Gasteiger partial charge >= 0.3 is 0 Å². The van der Waals surface area contributed by atoms with E-state index >= 15 is 0 Å².